The molecule has 1 aliphatic heterocycles. The van der Waals surface area contributed by atoms with E-state index in [2.05, 4.69) is 40.1 Å². The smallest absolute Gasteiger partial charge is 0.388 e. The lowest BCUT2D eigenvalue weighted by Crippen LogP contribution is -2.29. The van der Waals surface area contributed by atoms with Crippen LogP contribution in [0.4, 0.5) is 20.4 Å². The molecule has 0 aromatic carbocycles. The van der Waals surface area contributed by atoms with Crippen molar-refractivity contribution in [3.63, 3.8) is 0 Å². The van der Waals surface area contributed by atoms with Crippen molar-refractivity contribution in [3.8, 4) is 5.88 Å². The molecule has 26 heavy (non-hydrogen) atoms. The van der Waals surface area contributed by atoms with E-state index in [1.165, 1.54) is 6.07 Å². The Morgan fingerprint density at radius 1 is 1.35 bits per heavy atom. The fraction of sp³-hybridized carbons (Fsp3) is 0.438. The number of nitrogens with one attached hydrogen (secondary N) is 3. The molecule has 4 rings (SSSR count). The summed E-state index contributed by atoms with van der Waals surface area (Å²) in [6, 6.07) is 3.28. The minimum atomic E-state index is -2.92. The van der Waals surface area contributed by atoms with Gasteiger partial charge in [-0.2, -0.15) is 8.78 Å². The summed E-state index contributed by atoms with van der Waals surface area (Å²) in [4.78, 5) is 9.01. The zero-order valence-corrected chi connectivity index (χ0v) is 14.0. The second-order valence-corrected chi connectivity index (χ2v) is 6.25. The highest BCUT2D eigenvalue weighted by molar-refractivity contribution is 5.73. The van der Waals surface area contributed by atoms with Gasteiger partial charge in [0.15, 0.2) is 11.5 Å². The van der Waals surface area contributed by atoms with Crippen LogP contribution in [0.2, 0.25) is 0 Å². The second kappa shape index (κ2) is 7.24. The van der Waals surface area contributed by atoms with Gasteiger partial charge in [0.2, 0.25) is 5.88 Å². The molecule has 0 aliphatic carbocycles. The molecule has 1 aliphatic rings. The van der Waals surface area contributed by atoms with Crippen molar-refractivity contribution < 1.29 is 13.5 Å². The van der Waals surface area contributed by atoms with Gasteiger partial charge in [-0.25, -0.2) is 9.97 Å². The first-order valence-corrected chi connectivity index (χ1v) is 8.47. The molecule has 8 nitrogen and oxygen atoms in total. The normalized spacial score (nSPS) is 15.7. The van der Waals surface area contributed by atoms with Crippen molar-refractivity contribution in [3.05, 3.63) is 24.5 Å². The first-order chi connectivity index (χ1) is 12.7. The van der Waals surface area contributed by atoms with Crippen molar-refractivity contribution >= 4 is 22.8 Å². The Labute approximate surface area is 148 Å². The minimum absolute atomic E-state index is 0.189. The Bertz CT molecular complexity index is 872. The first-order valence-electron chi connectivity index (χ1n) is 8.47. The van der Waals surface area contributed by atoms with E-state index < -0.39 is 6.61 Å². The molecule has 1 fully saturated rings. The summed E-state index contributed by atoms with van der Waals surface area (Å²) >= 11 is 0. The summed E-state index contributed by atoms with van der Waals surface area (Å²) in [7, 11) is 0. The summed E-state index contributed by atoms with van der Waals surface area (Å²) in [5, 5.41) is 12.6. The zero-order chi connectivity index (χ0) is 17.9. The number of aromatic nitrogens is 5. The Kier molecular flexibility index (Phi) is 4.65. The molecular formula is C16H19F2N7O. The Balaban J connectivity index is 1.51. The third-order valence-electron chi connectivity index (χ3n) is 4.41. The van der Waals surface area contributed by atoms with Crippen LogP contribution in [-0.2, 0) is 6.54 Å². The van der Waals surface area contributed by atoms with Crippen molar-refractivity contribution in [1.29, 1.82) is 0 Å². The zero-order valence-electron chi connectivity index (χ0n) is 14.0. The van der Waals surface area contributed by atoms with Gasteiger partial charge in [-0.3, -0.25) is 5.10 Å². The second-order valence-electron chi connectivity index (χ2n) is 6.25. The van der Waals surface area contributed by atoms with Crippen molar-refractivity contribution in [2.75, 3.05) is 18.4 Å². The standard InChI is InChI=1S/C16H19F2N7O/c17-16(18)26-14-7-12(23-24-14)21-13-8-20-11-3-6-25(15(11)22-13)9-10-1-4-19-5-2-10/h3,6-8,10,16,19H,1-2,4-5,9H2,(H2,21,22,23,24). The van der Waals surface area contributed by atoms with Crippen LogP contribution in [0, 0.1) is 5.92 Å². The molecule has 0 radical (unpaired) electrons. The van der Waals surface area contributed by atoms with E-state index in [1.807, 2.05) is 12.3 Å². The van der Waals surface area contributed by atoms with E-state index in [-0.39, 0.29) is 5.88 Å². The van der Waals surface area contributed by atoms with Gasteiger partial charge in [-0.1, -0.05) is 0 Å². The highest BCUT2D eigenvalue weighted by Gasteiger charge is 2.16. The van der Waals surface area contributed by atoms with Gasteiger partial charge >= 0.3 is 6.61 Å². The van der Waals surface area contributed by atoms with Crippen LogP contribution in [0.15, 0.2) is 24.5 Å². The molecule has 1 saturated heterocycles. The molecule has 0 unspecified atom stereocenters. The summed E-state index contributed by atoms with van der Waals surface area (Å²) in [5.74, 6) is 1.32. The maximum Gasteiger partial charge on any atom is 0.388 e. The maximum absolute atomic E-state index is 12.2. The van der Waals surface area contributed by atoms with E-state index in [0.717, 1.165) is 43.6 Å². The third kappa shape index (κ3) is 3.74. The van der Waals surface area contributed by atoms with E-state index in [0.29, 0.717) is 17.6 Å². The topological polar surface area (TPSA) is 92.7 Å². The molecule has 3 N–H and O–H groups in total. The predicted molar refractivity (Wildman–Crippen MR) is 91.6 cm³/mol. The Morgan fingerprint density at radius 2 is 2.19 bits per heavy atom. The lowest BCUT2D eigenvalue weighted by molar-refractivity contribution is -0.0528. The number of fused-ring (bicyclic) bond motifs is 1. The quantitative estimate of drug-likeness (QED) is 0.623. The lowest BCUT2D eigenvalue weighted by Gasteiger charge is -2.23. The van der Waals surface area contributed by atoms with Gasteiger partial charge in [-0.05, 0) is 37.9 Å². The summed E-state index contributed by atoms with van der Waals surface area (Å²) < 4.78 is 30.8. The van der Waals surface area contributed by atoms with Crippen LogP contribution in [0.3, 0.4) is 0 Å². The number of alkyl halides is 2. The largest absolute Gasteiger partial charge is 0.415 e. The molecule has 3 aromatic heterocycles. The van der Waals surface area contributed by atoms with Crippen LogP contribution in [0.5, 0.6) is 5.88 Å². The van der Waals surface area contributed by atoms with Crippen LogP contribution in [0.25, 0.3) is 11.2 Å². The van der Waals surface area contributed by atoms with E-state index in [9.17, 15) is 8.78 Å². The average molecular weight is 363 g/mol. The van der Waals surface area contributed by atoms with Crippen molar-refractivity contribution in [2.24, 2.45) is 5.92 Å². The van der Waals surface area contributed by atoms with Gasteiger partial charge < -0.3 is 19.9 Å². The van der Waals surface area contributed by atoms with Gasteiger partial charge in [0.05, 0.1) is 6.20 Å². The number of hydrogen-bond acceptors (Lipinski definition) is 6. The fourth-order valence-corrected chi connectivity index (χ4v) is 3.16. The number of nitrogens with zero attached hydrogens (tertiary/aromatic N) is 4. The van der Waals surface area contributed by atoms with Gasteiger partial charge in [0.1, 0.15) is 11.3 Å². The highest BCUT2D eigenvalue weighted by atomic mass is 19.3. The predicted octanol–water partition coefficient (Wildman–Crippen LogP) is 2.50. The van der Waals surface area contributed by atoms with Crippen LogP contribution < -0.4 is 15.4 Å². The summed E-state index contributed by atoms with van der Waals surface area (Å²) in [5.41, 5.74) is 1.60. The van der Waals surface area contributed by atoms with E-state index >= 15 is 0 Å². The molecular weight excluding hydrogens is 344 g/mol. The van der Waals surface area contributed by atoms with Gasteiger partial charge in [0.25, 0.3) is 0 Å². The molecule has 0 amide bonds. The van der Waals surface area contributed by atoms with Gasteiger partial charge in [0, 0.05) is 18.8 Å². The number of anilines is 2. The van der Waals surface area contributed by atoms with Crippen LogP contribution >= 0.6 is 0 Å². The molecule has 10 heteroatoms. The van der Waals surface area contributed by atoms with E-state index in [1.54, 1.807) is 6.20 Å². The molecule has 138 valence electrons. The van der Waals surface area contributed by atoms with Crippen LogP contribution in [0.1, 0.15) is 12.8 Å². The fourth-order valence-electron chi connectivity index (χ4n) is 3.16. The Morgan fingerprint density at radius 3 is 3.00 bits per heavy atom. The number of ether oxygens (including phenoxy) is 1. The van der Waals surface area contributed by atoms with Crippen molar-refractivity contribution in [2.45, 2.75) is 26.0 Å². The summed E-state index contributed by atoms with van der Waals surface area (Å²) in [6.45, 7) is 0.0800. The third-order valence-corrected chi connectivity index (χ3v) is 4.41. The van der Waals surface area contributed by atoms with E-state index in [4.69, 9.17) is 0 Å². The SMILES string of the molecule is FC(F)Oc1cc(Nc2cnc3ccn(CC4CCNCC4)c3n2)[nH]n1. The molecule has 3 aromatic rings. The molecule has 0 bridgehead atoms. The number of aromatic amines is 1. The van der Waals surface area contributed by atoms with Crippen molar-refractivity contribution in [1.82, 2.24) is 30.0 Å². The number of halogens is 2. The monoisotopic (exact) mass is 363 g/mol. The molecule has 0 saturated carbocycles. The minimum Gasteiger partial charge on any atom is -0.415 e. The highest BCUT2D eigenvalue weighted by Crippen LogP contribution is 2.22. The number of piperidine rings is 1. The molecule has 0 spiro atoms. The Hall–Kier alpha value is -2.75. The number of rotatable bonds is 6. The lowest BCUT2D eigenvalue weighted by atomic mass is 9.98. The maximum atomic E-state index is 12.2. The first kappa shape index (κ1) is 16.7. The molecule has 4 heterocycles. The number of hydrogen-bond donors (Lipinski definition) is 3. The number of H-pyrrole nitrogens is 1. The summed E-state index contributed by atoms with van der Waals surface area (Å²) in [6.07, 6.45) is 5.88. The molecule has 0 atom stereocenters. The van der Waals surface area contributed by atoms with Crippen LogP contribution in [-0.4, -0.2) is 44.4 Å². The average Bonchev–Trinajstić information content (AvgIpc) is 3.22. The van der Waals surface area contributed by atoms with Gasteiger partial charge in [-0.15, -0.1) is 5.10 Å².